The maximum atomic E-state index is 12.4. The van der Waals surface area contributed by atoms with E-state index in [0.717, 1.165) is 12.8 Å². The van der Waals surface area contributed by atoms with Crippen LogP contribution in [0.4, 0.5) is 0 Å². The molecular formula is C22H28N2O5. The normalized spacial score (nSPS) is 11.3. The molecular weight excluding hydrogens is 372 g/mol. The van der Waals surface area contributed by atoms with Crippen molar-refractivity contribution in [3.8, 4) is 17.2 Å². The van der Waals surface area contributed by atoms with Crippen molar-refractivity contribution in [3.05, 3.63) is 53.6 Å². The second kappa shape index (κ2) is 10.9. The van der Waals surface area contributed by atoms with Crippen LogP contribution >= 0.6 is 0 Å². The smallest absolute Gasteiger partial charge is 0.251 e. The summed E-state index contributed by atoms with van der Waals surface area (Å²) in [6.07, 6.45) is 1.69. The Morgan fingerprint density at radius 3 is 2.14 bits per heavy atom. The fraction of sp³-hybridized carbons (Fsp3) is 0.364. The molecule has 29 heavy (non-hydrogen) atoms. The molecule has 0 unspecified atom stereocenters. The van der Waals surface area contributed by atoms with Gasteiger partial charge in [0.15, 0.2) is 11.5 Å². The average molecular weight is 400 g/mol. The van der Waals surface area contributed by atoms with Gasteiger partial charge in [-0.05, 0) is 37.5 Å². The van der Waals surface area contributed by atoms with E-state index in [2.05, 4.69) is 22.8 Å². The van der Waals surface area contributed by atoms with Gasteiger partial charge in [0.25, 0.3) is 5.91 Å². The van der Waals surface area contributed by atoms with Crippen molar-refractivity contribution in [1.82, 2.24) is 10.6 Å². The maximum absolute atomic E-state index is 12.4. The maximum Gasteiger partial charge on any atom is 0.251 e. The largest absolute Gasteiger partial charge is 0.493 e. The predicted octanol–water partition coefficient (Wildman–Crippen LogP) is 2.58. The minimum absolute atomic E-state index is 0.000725. The van der Waals surface area contributed by atoms with E-state index in [1.165, 1.54) is 39.0 Å². The number of benzene rings is 2. The molecule has 1 atom stereocenters. The molecule has 7 nitrogen and oxygen atoms in total. The first-order valence-electron chi connectivity index (χ1n) is 9.40. The first kappa shape index (κ1) is 22.1. The van der Waals surface area contributed by atoms with E-state index in [9.17, 15) is 9.59 Å². The molecule has 2 rings (SSSR count). The summed E-state index contributed by atoms with van der Waals surface area (Å²) in [7, 11) is 4.44. The SMILES string of the molecule is COc1cc(C(=O)NCC(=O)N[C@@H](C)CCc2ccccc2)cc(OC)c1OC. The van der Waals surface area contributed by atoms with Gasteiger partial charge >= 0.3 is 0 Å². The average Bonchev–Trinajstić information content (AvgIpc) is 2.75. The summed E-state index contributed by atoms with van der Waals surface area (Å²) in [6.45, 7) is 1.83. The standard InChI is InChI=1S/C22H28N2O5/c1-15(10-11-16-8-6-5-7-9-16)24-20(25)14-23-22(26)17-12-18(27-2)21(29-4)19(13-17)28-3/h5-9,12-13,15H,10-11,14H2,1-4H3,(H,23,26)(H,24,25)/t15-/m0/s1. The fourth-order valence-corrected chi connectivity index (χ4v) is 2.90. The molecule has 0 aromatic heterocycles. The van der Waals surface area contributed by atoms with Gasteiger partial charge in [-0.2, -0.15) is 0 Å². The third kappa shape index (κ3) is 6.41. The zero-order valence-electron chi connectivity index (χ0n) is 17.3. The summed E-state index contributed by atoms with van der Waals surface area (Å²) in [4.78, 5) is 24.6. The molecule has 0 aliphatic carbocycles. The second-order valence-corrected chi connectivity index (χ2v) is 6.59. The van der Waals surface area contributed by atoms with Crippen molar-refractivity contribution >= 4 is 11.8 Å². The number of hydrogen-bond acceptors (Lipinski definition) is 5. The van der Waals surface area contributed by atoms with Gasteiger partial charge in [0.2, 0.25) is 11.7 Å². The summed E-state index contributed by atoms with van der Waals surface area (Å²) in [6, 6.07) is 13.2. The first-order chi connectivity index (χ1) is 14.0. The molecule has 0 bridgehead atoms. The van der Waals surface area contributed by atoms with Gasteiger partial charge < -0.3 is 24.8 Å². The molecule has 2 amide bonds. The van der Waals surface area contributed by atoms with E-state index < -0.39 is 5.91 Å². The lowest BCUT2D eigenvalue weighted by atomic mass is 10.1. The highest BCUT2D eigenvalue weighted by molar-refractivity contribution is 5.97. The number of nitrogens with one attached hydrogen (secondary N) is 2. The lowest BCUT2D eigenvalue weighted by Gasteiger charge is -2.15. The highest BCUT2D eigenvalue weighted by Crippen LogP contribution is 2.38. The second-order valence-electron chi connectivity index (χ2n) is 6.59. The van der Waals surface area contributed by atoms with Gasteiger partial charge in [0.1, 0.15) is 0 Å². The van der Waals surface area contributed by atoms with Crippen molar-refractivity contribution in [2.75, 3.05) is 27.9 Å². The molecule has 0 aliphatic rings. The Labute approximate surface area is 171 Å². The number of carbonyl (C=O) groups is 2. The highest BCUT2D eigenvalue weighted by atomic mass is 16.5. The summed E-state index contributed by atoms with van der Waals surface area (Å²) in [5.41, 5.74) is 1.54. The van der Waals surface area contributed by atoms with Crippen LogP contribution in [0.3, 0.4) is 0 Å². The molecule has 156 valence electrons. The Morgan fingerprint density at radius 2 is 1.59 bits per heavy atom. The van der Waals surface area contributed by atoms with Crippen LogP contribution in [0.25, 0.3) is 0 Å². The molecule has 2 aromatic rings. The number of rotatable bonds is 10. The van der Waals surface area contributed by atoms with Gasteiger partial charge in [-0.1, -0.05) is 30.3 Å². The zero-order valence-corrected chi connectivity index (χ0v) is 17.3. The molecule has 0 radical (unpaired) electrons. The summed E-state index contributed by atoms with van der Waals surface area (Å²) >= 11 is 0. The van der Waals surface area contributed by atoms with Crippen LogP contribution < -0.4 is 24.8 Å². The van der Waals surface area contributed by atoms with Gasteiger partial charge in [-0.15, -0.1) is 0 Å². The molecule has 0 saturated carbocycles. The van der Waals surface area contributed by atoms with Crippen LogP contribution in [0.1, 0.15) is 29.3 Å². The van der Waals surface area contributed by atoms with E-state index in [1.807, 2.05) is 25.1 Å². The third-order valence-electron chi connectivity index (χ3n) is 4.45. The summed E-state index contributed by atoms with van der Waals surface area (Å²) in [5, 5.41) is 5.51. The summed E-state index contributed by atoms with van der Waals surface area (Å²) < 4.78 is 15.7. The molecule has 0 spiro atoms. The fourth-order valence-electron chi connectivity index (χ4n) is 2.90. The van der Waals surface area contributed by atoms with Gasteiger partial charge in [0.05, 0.1) is 27.9 Å². The number of aryl methyl sites for hydroxylation is 1. The monoisotopic (exact) mass is 400 g/mol. The zero-order chi connectivity index (χ0) is 21.2. The van der Waals surface area contributed by atoms with Crippen LogP contribution in [0.5, 0.6) is 17.2 Å². The van der Waals surface area contributed by atoms with Crippen LogP contribution in [0.2, 0.25) is 0 Å². The predicted molar refractivity (Wildman–Crippen MR) is 111 cm³/mol. The van der Waals surface area contributed by atoms with Crippen LogP contribution in [0, 0.1) is 0 Å². The Balaban J connectivity index is 1.87. The Bertz CT molecular complexity index is 798. The molecule has 2 aromatic carbocycles. The lowest BCUT2D eigenvalue weighted by Crippen LogP contribution is -2.41. The van der Waals surface area contributed by atoms with Gasteiger partial charge in [-0.25, -0.2) is 0 Å². The summed E-state index contributed by atoms with van der Waals surface area (Å²) in [5.74, 6) is 0.492. The topological polar surface area (TPSA) is 85.9 Å². The van der Waals surface area contributed by atoms with Crippen molar-refractivity contribution < 1.29 is 23.8 Å². The van der Waals surface area contributed by atoms with Gasteiger partial charge in [0, 0.05) is 11.6 Å². The molecule has 0 aliphatic heterocycles. The van der Waals surface area contributed by atoms with E-state index in [-0.39, 0.29) is 18.5 Å². The van der Waals surface area contributed by atoms with Crippen molar-refractivity contribution in [1.29, 1.82) is 0 Å². The Kier molecular flexibility index (Phi) is 8.33. The lowest BCUT2D eigenvalue weighted by molar-refractivity contribution is -0.120. The van der Waals surface area contributed by atoms with Crippen molar-refractivity contribution in [3.63, 3.8) is 0 Å². The van der Waals surface area contributed by atoms with Crippen LogP contribution in [-0.2, 0) is 11.2 Å². The molecule has 2 N–H and O–H groups in total. The Hall–Kier alpha value is -3.22. The minimum Gasteiger partial charge on any atom is -0.493 e. The Morgan fingerprint density at radius 1 is 0.966 bits per heavy atom. The van der Waals surface area contributed by atoms with E-state index in [4.69, 9.17) is 14.2 Å². The van der Waals surface area contributed by atoms with Crippen LogP contribution in [0.15, 0.2) is 42.5 Å². The molecule has 0 saturated heterocycles. The number of amides is 2. The van der Waals surface area contributed by atoms with E-state index in [0.29, 0.717) is 22.8 Å². The molecule has 0 fully saturated rings. The van der Waals surface area contributed by atoms with E-state index in [1.54, 1.807) is 0 Å². The van der Waals surface area contributed by atoms with E-state index >= 15 is 0 Å². The number of ether oxygens (including phenoxy) is 3. The number of methoxy groups -OCH3 is 3. The minimum atomic E-state index is -0.406. The highest BCUT2D eigenvalue weighted by Gasteiger charge is 2.17. The quantitative estimate of drug-likeness (QED) is 0.640. The van der Waals surface area contributed by atoms with Crippen molar-refractivity contribution in [2.45, 2.75) is 25.8 Å². The van der Waals surface area contributed by atoms with Crippen LogP contribution in [-0.4, -0.2) is 45.7 Å². The number of carbonyl (C=O) groups excluding carboxylic acids is 2. The first-order valence-corrected chi connectivity index (χ1v) is 9.40. The van der Waals surface area contributed by atoms with Gasteiger partial charge in [-0.3, -0.25) is 9.59 Å². The van der Waals surface area contributed by atoms with Crippen molar-refractivity contribution in [2.24, 2.45) is 0 Å². The molecule has 7 heteroatoms. The number of hydrogen-bond donors (Lipinski definition) is 2. The molecule has 0 heterocycles. The third-order valence-corrected chi connectivity index (χ3v) is 4.45.